The third-order valence-electron chi connectivity index (χ3n) is 8.09. The topological polar surface area (TPSA) is 72.7 Å². The number of benzene rings is 4. The van der Waals surface area contributed by atoms with Gasteiger partial charge in [0, 0.05) is 6.54 Å². The largest absolute Gasteiger partial charge is 0.487 e. The Morgan fingerprint density at radius 2 is 1.64 bits per heavy atom. The average molecular weight is 625 g/mol. The zero-order valence-corrected chi connectivity index (χ0v) is 26.7. The zero-order valence-electron chi connectivity index (χ0n) is 25.9. The summed E-state index contributed by atoms with van der Waals surface area (Å²) < 4.78 is 17.7. The molecule has 0 bridgehead atoms. The molecule has 0 spiro atoms. The molecule has 1 aliphatic heterocycles. The van der Waals surface area contributed by atoms with Gasteiger partial charge in [0.2, 0.25) is 0 Å². The van der Waals surface area contributed by atoms with Crippen LogP contribution in [0.5, 0.6) is 17.2 Å². The van der Waals surface area contributed by atoms with Gasteiger partial charge in [0.25, 0.3) is 0 Å². The fraction of sp³-hybridized carbons (Fsp3) is 0.342. The number of unbranched alkanes of at least 4 members (excludes halogenated alkanes) is 3. The lowest BCUT2D eigenvalue weighted by Crippen LogP contribution is -2.17. The van der Waals surface area contributed by atoms with Gasteiger partial charge in [-0.15, -0.1) is 0 Å². The van der Waals surface area contributed by atoms with Crippen molar-refractivity contribution in [1.29, 1.82) is 5.26 Å². The van der Waals surface area contributed by atoms with E-state index in [1.54, 1.807) is 6.07 Å². The summed E-state index contributed by atoms with van der Waals surface area (Å²) in [6.45, 7) is 5.14. The van der Waals surface area contributed by atoms with Crippen molar-refractivity contribution >= 4 is 11.6 Å². The van der Waals surface area contributed by atoms with Gasteiger partial charge in [-0.25, -0.2) is 5.48 Å². The van der Waals surface area contributed by atoms with Crippen molar-refractivity contribution in [3.8, 4) is 34.4 Å². The second-order valence-corrected chi connectivity index (χ2v) is 11.7. The van der Waals surface area contributed by atoms with E-state index in [-0.39, 0.29) is 0 Å². The Hall–Kier alpha value is -4.02. The molecule has 0 radical (unpaired) electrons. The number of aryl methyl sites for hydroxylation is 2. The molecule has 0 amide bonds. The predicted molar refractivity (Wildman–Crippen MR) is 179 cm³/mol. The summed E-state index contributed by atoms with van der Waals surface area (Å²) in [5, 5.41) is 10.2. The Morgan fingerprint density at radius 3 is 2.49 bits per heavy atom. The number of nitriles is 1. The molecular weight excluding hydrogens is 584 g/mol. The lowest BCUT2D eigenvalue weighted by Gasteiger charge is -2.20. The van der Waals surface area contributed by atoms with E-state index in [0.717, 1.165) is 90.8 Å². The molecule has 6 nitrogen and oxygen atoms in total. The molecule has 0 unspecified atom stereocenters. The van der Waals surface area contributed by atoms with Gasteiger partial charge in [-0.3, -0.25) is 0 Å². The third-order valence-corrected chi connectivity index (χ3v) is 8.39. The van der Waals surface area contributed by atoms with E-state index in [1.807, 2.05) is 30.3 Å². The highest BCUT2D eigenvalue weighted by atomic mass is 35.5. The normalized spacial score (nSPS) is 12.1. The Morgan fingerprint density at radius 1 is 0.822 bits per heavy atom. The maximum Gasteiger partial charge on any atom is 0.161 e. The van der Waals surface area contributed by atoms with Crippen LogP contribution in [-0.4, -0.2) is 26.4 Å². The molecule has 0 aromatic heterocycles. The van der Waals surface area contributed by atoms with Crippen molar-refractivity contribution in [2.75, 3.05) is 26.4 Å². The SMILES string of the molecule is Cc1c(COc2cc(CCCCCCONCCCc3ccccc3)c(C#N)cc2Cl)cccc1-c1ccc2c(c1)OCCO2. The molecule has 234 valence electrons. The molecular formula is C38H41ClN2O4. The molecule has 4 aromatic carbocycles. The zero-order chi connectivity index (χ0) is 31.3. The smallest absolute Gasteiger partial charge is 0.161 e. The van der Waals surface area contributed by atoms with Crippen molar-refractivity contribution in [2.45, 2.75) is 58.5 Å². The van der Waals surface area contributed by atoms with E-state index in [4.69, 9.17) is 30.6 Å². The summed E-state index contributed by atoms with van der Waals surface area (Å²) >= 11 is 6.55. The van der Waals surface area contributed by atoms with Crippen LogP contribution >= 0.6 is 11.6 Å². The van der Waals surface area contributed by atoms with E-state index in [0.29, 0.717) is 42.8 Å². The van der Waals surface area contributed by atoms with E-state index in [2.05, 4.69) is 60.9 Å². The highest BCUT2D eigenvalue weighted by Gasteiger charge is 2.15. The van der Waals surface area contributed by atoms with Crippen molar-refractivity contribution in [3.63, 3.8) is 0 Å². The first-order chi connectivity index (χ1) is 22.1. The number of nitrogens with zero attached hydrogens (tertiary/aromatic N) is 1. The van der Waals surface area contributed by atoms with E-state index < -0.39 is 0 Å². The Labute approximate surface area is 271 Å². The van der Waals surface area contributed by atoms with Gasteiger partial charge in [0.1, 0.15) is 25.6 Å². The molecule has 1 aliphatic rings. The summed E-state index contributed by atoms with van der Waals surface area (Å²) in [6, 6.07) is 28.7. The number of ether oxygens (including phenoxy) is 3. The minimum Gasteiger partial charge on any atom is -0.487 e. The number of fused-ring (bicyclic) bond motifs is 1. The van der Waals surface area contributed by atoms with Gasteiger partial charge in [0.15, 0.2) is 11.5 Å². The van der Waals surface area contributed by atoms with Gasteiger partial charge in [-0.05, 0) is 96.7 Å². The second-order valence-electron chi connectivity index (χ2n) is 11.3. The first-order valence-corrected chi connectivity index (χ1v) is 16.2. The lowest BCUT2D eigenvalue weighted by molar-refractivity contribution is 0.0381. The predicted octanol–water partition coefficient (Wildman–Crippen LogP) is 8.79. The Bertz CT molecular complexity index is 1590. The summed E-state index contributed by atoms with van der Waals surface area (Å²) in [5.74, 6) is 2.15. The Balaban J connectivity index is 1.07. The standard InChI is InChI=1S/C38H41ClN2O4/c1-28-32(15-9-16-34(28)31-17-18-36-38(25-31)43-22-21-42-36)27-44-37-24-30(33(26-40)23-35(37)39)14-7-2-3-8-20-45-41-19-10-13-29-11-5-4-6-12-29/h4-6,9,11-12,15-18,23-25,41H,2-3,7-8,10,13-14,19-22,27H2,1H3. The average Bonchev–Trinajstić information content (AvgIpc) is 3.07. The van der Waals surface area contributed by atoms with Crippen LogP contribution in [-0.2, 0) is 24.3 Å². The number of nitrogens with one attached hydrogen (secondary N) is 1. The monoisotopic (exact) mass is 624 g/mol. The molecule has 7 heteroatoms. The minimum absolute atomic E-state index is 0.371. The number of rotatable bonds is 16. The minimum atomic E-state index is 0.371. The van der Waals surface area contributed by atoms with E-state index >= 15 is 0 Å². The van der Waals surface area contributed by atoms with Crippen LogP contribution in [0.3, 0.4) is 0 Å². The van der Waals surface area contributed by atoms with Crippen molar-refractivity contribution < 1.29 is 19.0 Å². The number of hydrogen-bond donors (Lipinski definition) is 1. The van der Waals surface area contributed by atoms with Crippen LogP contribution in [0, 0.1) is 18.3 Å². The highest BCUT2D eigenvalue weighted by Crippen LogP contribution is 2.36. The van der Waals surface area contributed by atoms with Gasteiger partial charge in [0.05, 0.1) is 23.3 Å². The summed E-state index contributed by atoms with van der Waals surface area (Å²) in [7, 11) is 0. The van der Waals surface area contributed by atoms with Crippen LogP contribution in [0.4, 0.5) is 0 Å². The van der Waals surface area contributed by atoms with Crippen LogP contribution in [0.15, 0.2) is 78.9 Å². The molecule has 5 rings (SSSR count). The third kappa shape index (κ3) is 9.25. The molecule has 0 atom stereocenters. The van der Waals surface area contributed by atoms with Gasteiger partial charge < -0.3 is 19.0 Å². The van der Waals surface area contributed by atoms with E-state index in [9.17, 15) is 5.26 Å². The molecule has 1 heterocycles. The molecule has 4 aromatic rings. The van der Waals surface area contributed by atoms with Crippen LogP contribution < -0.4 is 19.7 Å². The Kier molecular flexibility index (Phi) is 12.1. The van der Waals surface area contributed by atoms with Crippen LogP contribution in [0.25, 0.3) is 11.1 Å². The van der Waals surface area contributed by atoms with Crippen molar-refractivity contribution in [2.24, 2.45) is 0 Å². The maximum atomic E-state index is 9.73. The van der Waals surface area contributed by atoms with Gasteiger partial charge in [-0.2, -0.15) is 5.26 Å². The summed E-state index contributed by atoms with van der Waals surface area (Å²) in [5.41, 5.74) is 10.4. The van der Waals surface area contributed by atoms with Gasteiger partial charge >= 0.3 is 0 Å². The highest BCUT2D eigenvalue weighted by molar-refractivity contribution is 6.32. The van der Waals surface area contributed by atoms with E-state index in [1.165, 1.54) is 5.56 Å². The molecule has 0 saturated heterocycles. The summed E-state index contributed by atoms with van der Waals surface area (Å²) in [6.07, 6.45) is 7.01. The maximum absolute atomic E-state index is 9.73. The number of hydrogen-bond acceptors (Lipinski definition) is 6. The lowest BCUT2D eigenvalue weighted by atomic mass is 9.96. The first kappa shape index (κ1) is 32.4. The molecule has 1 N–H and O–H groups in total. The molecule has 0 saturated carbocycles. The van der Waals surface area contributed by atoms with Gasteiger partial charge in [-0.1, -0.05) is 79.0 Å². The molecule has 45 heavy (non-hydrogen) atoms. The van der Waals surface area contributed by atoms with Crippen molar-refractivity contribution in [1.82, 2.24) is 5.48 Å². The second kappa shape index (κ2) is 16.9. The van der Waals surface area contributed by atoms with Crippen LogP contribution in [0.2, 0.25) is 5.02 Å². The van der Waals surface area contributed by atoms with Crippen molar-refractivity contribution in [3.05, 3.63) is 112 Å². The molecule has 0 fully saturated rings. The first-order valence-electron chi connectivity index (χ1n) is 15.8. The fourth-order valence-electron chi connectivity index (χ4n) is 5.53. The number of halogens is 1. The fourth-order valence-corrected chi connectivity index (χ4v) is 5.75. The quantitative estimate of drug-likeness (QED) is 0.0992. The number of hydroxylamine groups is 1. The summed E-state index contributed by atoms with van der Waals surface area (Å²) in [4.78, 5) is 5.59. The molecule has 0 aliphatic carbocycles. The van der Waals surface area contributed by atoms with Crippen LogP contribution in [0.1, 0.15) is 59.9 Å².